The second-order valence-corrected chi connectivity index (χ2v) is 4.77. The molecule has 1 unspecified atom stereocenters. The number of hydrogen-bond acceptors (Lipinski definition) is 3. The molecule has 0 radical (unpaired) electrons. The van der Waals surface area contributed by atoms with Crippen molar-refractivity contribution in [2.75, 3.05) is 13.2 Å². The molecule has 0 spiro atoms. The average Bonchev–Trinajstić information content (AvgIpc) is 2.36. The summed E-state index contributed by atoms with van der Waals surface area (Å²) in [6, 6.07) is 5.73. The van der Waals surface area contributed by atoms with Gasteiger partial charge in [-0.3, -0.25) is 4.79 Å². The van der Waals surface area contributed by atoms with Crippen LogP contribution in [0.15, 0.2) is 18.2 Å². The number of nitrogens with one attached hydrogen (secondary N) is 1. The molecule has 0 saturated carbocycles. The van der Waals surface area contributed by atoms with Crippen molar-refractivity contribution in [3.63, 3.8) is 0 Å². The van der Waals surface area contributed by atoms with Gasteiger partial charge in [-0.15, -0.1) is 0 Å². The van der Waals surface area contributed by atoms with Crippen molar-refractivity contribution in [2.24, 2.45) is 5.73 Å². The third kappa shape index (κ3) is 4.91. The van der Waals surface area contributed by atoms with Gasteiger partial charge < -0.3 is 15.8 Å². The van der Waals surface area contributed by atoms with E-state index in [1.807, 2.05) is 32.0 Å². The summed E-state index contributed by atoms with van der Waals surface area (Å²) in [5.74, 6) is 0.583. The van der Waals surface area contributed by atoms with Crippen LogP contribution in [0.3, 0.4) is 0 Å². The summed E-state index contributed by atoms with van der Waals surface area (Å²) in [6.07, 6.45) is 1.56. The molecule has 1 rings (SSSR count). The van der Waals surface area contributed by atoms with Crippen LogP contribution in [0.25, 0.3) is 0 Å². The maximum atomic E-state index is 11.3. The lowest BCUT2D eigenvalue weighted by Crippen LogP contribution is -2.42. The molecule has 0 aromatic heterocycles. The molecule has 0 saturated heterocycles. The number of benzene rings is 1. The fourth-order valence-electron chi connectivity index (χ4n) is 1.97. The molecule has 1 amide bonds. The van der Waals surface area contributed by atoms with Gasteiger partial charge >= 0.3 is 0 Å². The minimum absolute atomic E-state index is 0.315. The Bertz CT molecular complexity index is 398. The first-order chi connectivity index (χ1) is 9.06. The molecule has 4 nitrogen and oxygen atoms in total. The van der Waals surface area contributed by atoms with Crippen LogP contribution in [-0.4, -0.2) is 25.1 Å². The summed E-state index contributed by atoms with van der Waals surface area (Å²) in [7, 11) is 0. The number of amides is 1. The number of primary amides is 1. The molecule has 3 N–H and O–H groups in total. The van der Waals surface area contributed by atoms with E-state index in [-0.39, 0.29) is 11.9 Å². The van der Waals surface area contributed by atoms with E-state index in [9.17, 15) is 4.79 Å². The fourth-order valence-corrected chi connectivity index (χ4v) is 1.97. The summed E-state index contributed by atoms with van der Waals surface area (Å²) >= 11 is 0. The van der Waals surface area contributed by atoms with E-state index in [2.05, 4.69) is 12.2 Å². The summed E-state index contributed by atoms with van der Waals surface area (Å²) < 4.78 is 5.78. The third-order valence-electron chi connectivity index (χ3n) is 3.05. The van der Waals surface area contributed by atoms with E-state index in [1.165, 1.54) is 0 Å². The second kappa shape index (κ2) is 7.79. The zero-order valence-electron chi connectivity index (χ0n) is 12.0. The van der Waals surface area contributed by atoms with Crippen molar-refractivity contribution in [3.05, 3.63) is 29.3 Å². The van der Waals surface area contributed by atoms with Crippen LogP contribution in [0.5, 0.6) is 5.75 Å². The molecule has 1 atom stereocenters. The highest BCUT2D eigenvalue weighted by Gasteiger charge is 2.14. The maximum Gasteiger partial charge on any atom is 0.234 e. The predicted octanol–water partition coefficient (Wildman–Crippen LogP) is 1.93. The normalized spacial score (nSPS) is 12.2. The summed E-state index contributed by atoms with van der Waals surface area (Å²) in [6.45, 7) is 7.36. The van der Waals surface area contributed by atoms with Crippen LogP contribution >= 0.6 is 0 Å². The van der Waals surface area contributed by atoms with Gasteiger partial charge in [0.15, 0.2) is 0 Å². The van der Waals surface area contributed by atoms with Gasteiger partial charge in [0.05, 0.1) is 12.6 Å². The highest BCUT2D eigenvalue weighted by atomic mass is 16.5. The first kappa shape index (κ1) is 15.5. The van der Waals surface area contributed by atoms with Gasteiger partial charge in [0.1, 0.15) is 5.75 Å². The fraction of sp³-hybridized carbons (Fsp3) is 0.533. The Labute approximate surface area is 115 Å². The van der Waals surface area contributed by atoms with Crippen LogP contribution in [0.1, 0.15) is 30.9 Å². The minimum atomic E-state index is -0.321. The Morgan fingerprint density at radius 3 is 2.53 bits per heavy atom. The molecule has 0 aliphatic carbocycles. The molecular formula is C15H24N2O2. The number of carbonyl (C=O) groups excluding carboxylic acids is 1. The predicted molar refractivity (Wildman–Crippen MR) is 77.3 cm³/mol. The van der Waals surface area contributed by atoms with Crippen molar-refractivity contribution in [3.8, 4) is 5.75 Å². The Hall–Kier alpha value is -1.55. The Balaban J connectivity index is 2.50. The molecule has 19 heavy (non-hydrogen) atoms. The molecule has 1 aromatic rings. The van der Waals surface area contributed by atoms with Crippen LogP contribution < -0.4 is 15.8 Å². The van der Waals surface area contributed by atoms with E-state index in [0.717, 1.165) is 29.8 Å². The number of nitrogens with two attached hydrogens (primary N) is 1. The Kier molecular flexibility index (Phi) is 6.36. The van der Waals surface area contributed by atoms with Crippen molar-refractivity contribution < 1.29 is 9.53 Å². The number of hydrogen-bond donors (Lipinski definition) is 2. The molecule has 106 valence electrons. The van der Waals surface area contributed by atoms with Crippen molar-refractivity contribution in [1.29, 1.82) is 0 Å². The maximum absolute atomic E-state index is 11.3. The zero-order valence-corrected chi connectivity index (χ0v) is 12.0. The van der Waals surface area contributed by atoms with Gasteiger partial charge in [-0.05, 0) is 37.9 Å². The average molecular weight is 264 g/mol. The summed E-state index contributed by atoms with van der Waals surface area (Å²) in [5.41, 5.74) is 7.58. The number of ether oxygens (including phenoxy) is 1. The molecule has 0 heterocycles. The van der Waals surface area contributed by atoms with E-state index in [1.54, 1.807) is 0 Å². The third-order valence-corrected chi connectivity index (χ3v) is 3.05. The molecule has 0 bridgehead atoms. The number of para-hydroxylation sites is 1. The molecular weight excluding hydrogens is 240 g/mol. The van der Waals surface area contributed by atoms with Crippen molar-refractivity contribution in [1.82, 2.24) is 5.32 Å². The molecule has 1 aromatic carbocycles. The lowest BCUT2D eigenvalue weighted by atomic mass is 10.1. The number of carbonyl (C=O) groups is 1. The largest absolute Gasteiger partial charge is 0.493 e. The SMILES string of the molecule is CCCNC(CCOc1c(C)cccc1C)C(N)=O. The minimum Gasteiger partial charge on any atom is -0.493 e. The second-order valence-electron chi connectivity index (χ2n) is 4.77. The molecule has 0 aliphatic heterocycles. The van der Waals surface area contributed by atoms with Crippen molar-refractivity contribution >= 4 is 5.91 Å². The van der Waals surface area contributed by atoms with Gasteiger partial charge in [0.25, 0.3) is 0 Å². The van der Waals surface area contributed by atoms with Crippen molar-refractivity contribution in [2.45, 2.75) is 39.7 Å². The monoisotopic (exact) mass is 264 g/mol. The van der Waals surface area contributed by atoms with Gasteiger partial charge in [0, 0.05) is 6.42 Å². The highest BCUT2D eigenvalue weighted by Crippen LogP contribution is 2.22. The van der Waals surface area contributed by atoms with Gasteiger partial charge in [0.2, 0.25) is 5.91 Å². The van der Waals surface area contributed by atoms with Crippen LogP contribution in [-0.2, 0) is 4.79 Å². The Morgan fingerprint density at radius 2 is 2.00 bits per heavy atom. The number of rotatable bonds is 8. The molecule has 4 heteroatoms. The van der Waals surface area contributed by atoms with E-state index < -0.39 is 0 Å². The van der Waals surface area contributed by atoms with E-state index in [0.29, 0.717) is 13.0 Å². The van der Waals surface area contributed by atoms with Gasteiger partial charge in [-0.25, -0.2) is 0 Å². The van der Waals surface area contributed by atoms with E-state index >= 15 is 0 Å². The number of aryl methyl sites for hydroxylation is 2. The quantitative estimate of drug-likeness (QED) is 0.754. The zero-order chi connectivity index (χ0) is 14.3. The lowest BCUT2D eigenvalue weighted by molar-refractivity contribution is -0.120. The van der Waals surface area contributed by atoms with E-state index in [4.69, 9.17) is 10.5 Å². The molecule has 0 fully saturated rings. The van der Waals surface area contributed by atoms with Crippen LogP contribution in [0, 0.1) is 13.8 Å². The highest BCUT2D eigenvalue weighted by molar-refractivity contribution is 5.79. The lowest BCUT2D eigenvalue weighted by Gasteiger charge is -2.17. The Morgan fingerprint density at radius 1 is 1.37 bits per heavy atom. The smallest absolute Gasteiger partial charge is 0.234 e. The van der Waals surface area contributed by atoms with Gasteiger partial charge in [-0.1, -0.05) is 25.1 Å². The first-order valence-electron chi connectivity index (χ1n) is 6.78. The first-order valence-corrected chi connectivity index (χ1v) is 6.78. The van der Waals surface area contributed by atoms with Crippen LogP contribution in [0.4, 0.5) is 0 Å². The topological polar surface area (TPSA) is 64.3 Å². The summed E-state index contributed by atoms with van der Waals surface area (Å²) in [5, 5.41) is 3.13. The standard InChI is InChI=1S/C15H24N2O2/c1-4-9-17-13(15(16)18)8-10-19-14-11(2)6-5-7-12(14)3/h5-7,13,17H,4,8-10H2,1-3H3,(H2,16,18). The molecule has 0 aliphatic rings. The van der Waals surface area contributed by atoms with Gasteiger partial charge in [-0.2, -0.15) is 0 Å². The summed E-state index contributed by atoms with van der Waals surface area (Å²) in [4.78, 5) is 11.3. The van der Waals surface area contributed by atoms with Crippen LogP contribution in [0.2, 0.25) is 0 Å².